The molecule has 1 aliphatic rings. The molecule has 0 unspecified atom stereocenters. The number of aliphatic carboxylic acids is 1. The molecular formula is C14H18N2O4S. The van der Waals surface area contributed by atoms with Gasteiger partial charge in [0.2, 0.25) is 0 Å². The summed E-state index contributed by atoms with van der Waals surface area (Å²) in [6.07, 6.45) is 0.932. The molecule has 0 aliphatic carbocycles. The Morgan fingerprint density at radius 3 is 2.76 bits per heavy atom. The van der Waals surface area contributed by atoms with Crippen molar-refractivity contribution < 1.29 is 19.4 Å². The molecule has 6 nitrogen and oxygen atoms in total. The molecular weight excluding hydrogens is 292 g/mol. The number of carbonyl (C=O) groups is 2. The summed E-state index contributed by atoms with van der Waals surface area (Å²) in [6, 6.07) is 5.87. The first-order valence-electron chi connectivity index (χ1n) is 6.73. The minimum Gasteiger partial charge on any atom is -0.494 e. The number of carboxylic acids is 1. The molecule has 1 atom stereocenters. The molecule has 2 amide bonds. The molecule has 0 saturated carbocycles. The Balaban J connectivity index is 1.94. The van der Waals surface area contributed by atoms with Gasteiger partial charge in [0.15, 0.2) is 0 Å². The van der Waals surface area contributed by atoms with Crippen LogP contribution in [0, 0.1) is 0 Å². The lowest BCUT2D eigenvalue weighted by Gasteiger charge is -2.20. The van der Waals surface area contributed by atoms with Crippen LogP contribution in [-0.2, 0) is 4.79 Å². The Kier molecular flexibility index (Phi) is 5.32. The van der Waals surface area contributed by atoms with Crippen LogP contribution in [0.15, 0.2) is 24.3 Å². The number of rotatable bonds is 5. The van der Waals surface area contributed by atoms with Gasteiger partial charge in [-0.1, -0.05) is 6.92 Å². The smallest absolute Gasteiger partial charge is 0.327 e. The van der Waals surface area contributed by atoms with Crippen molar-refractivity contribution in [2.45, 2.75) is 19.4 Å². The van der Waals surface area contributed by atoms with E-state index in [9.17, 15) is 9.59 Å². The number of nitrogens with zero attached hydrogens (tertiary/aromatic N) is 1. The lowest BCUT2D eigenvalue weighted by Crippen LogP contribution is -2.43. The van der Waals surface area contributed by atoms with Crippen LogP contribution in [-0.4, -0.2) is 46.3 Å². The largest absolute Gasteiger partial charge is 0.494 e. The summed E-state index contributed by atoms with van der Waals surface area (Å²) >= 11 is 1.43. The number of hydrogen-bond acceptors (Lipinski definition) is 4. The quantitative estimate of drug-likeness (QED) is 0.873. The summed E-state index contributed by atoms with van der Waals surface area (Å²) in [7, 11) is 0. The first-order valence-corrected chi connectivity index (χ1v) is 7.88. The first-order chi connectivity index (χ1) is 10.1. The van der Waals surface area contributed by atoms with Crippen LogP contribution in [0.1, 0.15) is 13.3 Å². The molecule has 1 saturated heterocycles. The van der Waals surface area contributed by atoms with Crippen LogP contribution in [0.5, 0.6) is 5.75 Å². The molecule has 0 radical (unpaired) electrons. The molecule has 21 heavy (non-hydrogen) atoms. The van der Waals surface area contributed by atoms with Crippen LogP contribution < -0.4 is 10.1 Å². The van der Waals surface area contributed by atoms with Crippen molar-refractivity contribution in [2.75, 3.05) is 23.6 Å². The number of urea groups is 1. The summed E-state index contributed by atoms with van der Waals surface area (Å²) in [5, 5.41) is 11.8. The van der Waals surface area contributed by atoms with E-state index in [1.807, 2.05) is 6.92 Å². The van der Waals surface area contributed by atoms with Gasteiger partial charge < -0.3 is 20.1 Å². The number of ether oxygens (including phenoxy) is 1. The second-order valence-corrected chi connectivity index (χ2v) is 5.63. The maximum Gasteiger partial charge on any atom is 0.327 e. The van der Waals surface area contributed by atoms with Crippen molar-refractivity contribution in [1.82, 2.24) is 4.90 Å². The summed E-state index contributed by atoms with van der Waals surface area (Å²) < 4.78 is 5.46. The molecule has 0 bridgehead atoms. The molecule has 114 valence electrons. The van der Waals surface area contributed by atoms with Crippen molar-refractivity contribution in [1.29, 1.82) is 0 Å². The fourth-order valence-corrected chi connectivity index (χ4v) is 3.04. The topological polar surface area (TPSA) is 78.9 Å². The van der Waals surface area contributed by atoms with Gasteiger partial charge in [0, 0.05) is 11.4 Å². The van der Waals surface area contributed by atoms with Crippen molar-refractivity contribution in [3.63, 3.8) is 0 Å². The second kappa shape index (κ2) is 7.21. The van der Waals surface area contributed by atoms with Gasteiger partial charge in [0.05, 0.1) is 12.5 Å². The van der Waals surface area contributed by atoms with Crippen molar-refractivity contribution in [2.24, 2.45) is 0 Å². The van der Waals surface area contributed by atoms with E-state index in [0.717, 1.165) is 12.2 Å². The molecule has 2 rings (SSSR count). The van der Waals surface area contributed by atoms with Gasteiger partial charge in [-0.25, -0.2) is 9.59 Å². The van der Waals surface area contributed by atoms with E-state index >= 15 is 0 Å². The maximum absolute atomic E-state index is 12.1. The van der Waals surface area contributed by atoms with Crippen LogP contribution >= 0.6 is 11.8 Å². The normalized spacial score (nSPS) is 17.6. The molecule has 1 aromatic rings. The third kappa shape index (κ3) is 4.04. The zero-order valence-corrected chi connectivity index (χ0v) is 12.6. The number of hydrogen-bond donors (Lipinski definition) is 2. The molecule has 7 heteroatoms. The van der Waals surface area contributed by atoms with E-state index < -0.39 is 18.0 Å². The van der Waals surface area contributed by atoms with Crippen molar-refractivity contribution >= 4 is 29.4 Å². The van der Waals surface area contributed by atoms with Gasteiger partial charge in [-0.15, -0.1) is 11.8 Å². The van der Waals surface area contributed by atoms with E-state index in [2.05, 4.69) is 5.32 Å². The van der Waals surface area contributed by atoms with Crippen LogP contribution in [0.4, 0.5) is 10.5 Å². The van der Waals surface area contributed by atoms with Crippen molar-refractivity contribution in [3.8, 4) is 5.75 Å². The number of carbonyl (C=O) groups excluding carboxylic acids is 1. The maximum atomic E-state index is 12.1. The number of anilines is 1. The van der Waals surface area contributed by atoms with E-state index in [0.29, 0.717) is 23.9 Å². The van der Waals surface area contributed by atoms with Gasteiger partial charge in [0.25, 0.3) is 0 Å². The summed E-state index contributed by atoms with van der Waals surface area (Å²) in [5.74, 6) is 0.584. The Bertz CT molecular complexity index is 506. The Morgan fingerprint density at radius 1 is 1.43 bits per heavy atom. The average Bonchev–Trinajstić information content (AvgIpc) is 2.96. The predicted molar refractivity (Wildman–Crippen MR) is 81.8 cm³/mol. The Hall–Kier alpha value is -1.89. The van der Waals surface area contributed by atoms with Gasteiger partial charge >= 0.3 is 12.0 Å². The minimum atomic E-state index is -0.974. The zero-order valence-electron chi connectivity index (χ0n) is 11.7. The van der Waals surface area contributed by atoms with Gasteiger partial charge in [-0.3, -0.25) is 0 Å². The van der Waals surface area contributed by atoms with Crippen LogP contribution in [0.2, 0.25) is 0 Å². The summed E-state index contributed by atoms with van der Waals surface area (Å²) in [6.45, 7) is 2.68. The minimum absolute atomic E-state index is 0.389. The molecule has 1 aliphatic heterocycles. The lowest BCUT2D eigenvalue weighted by atomic mass is 10.3. The SMILES string of the molecule is CCCOc1ccc(NC(=O)N2CSC[C@H]2C(=O)O)cc1. The molecule has 1 heterocycles. The van der Waals surface area contributed by atoms with E-state index in [1.54, 1.807) is 24.3 Å². The van der Waals surface area contributed by atoms with E-state index in [4.69, 9.17) is 9.84 Å². The number of amides is 2. The third-order valence-corrected chi connectivity index (χ3v) is 4.02. The highest BCUT2D eigenvalue weighted by Crippen LogP contribution is 2.23. The van der Waals surface area contributed by atoms with Crippen molar-refractivity contribution in [3.05, 3.63) is 24.3 Å². The highest BCUT2D eigenvalue weighted by Gasteiger charge is 2.34. The lowest BCUT2D eigenvalue weighted by molar-refractivity contribution is -0.140. The predicted octanol–water partition coefficient (Wildman–Crippen LogP) is 2.47. The second-order valence-electron chi connectivity index (χ2n) is 4.63. The van der Waals surface area contributed by atoms with E-state index in [-0.39, 0.29) is 0 Å². The zero-order chi connectivity index (χ0) is 15.2. The summed E-state index contributed by atoms with van der Waals surface area (Å²) in [4.78, 5) is 24.5. The molecule has 1 fully saturated rings. The fourth-order valence-electron chi connectivity index (χ4n) is 1.90. The fraction of sp³-hybridized carbons (Fsp3) is 0.429. The monoisotopic (exact) mass is 310 g/mol. The number of carboxylic acid groups (broad SMARTS) is 1. The molecule has 0 spiro atoms. The Morgan fingerprint density at radius 2 is 2.14 bits per heavy atom. The van der Waals surface area contributed by atoms with Crippen LogP contribution in [0.25, 0.3) is 0 Å². The standard InChI is InChI=1S/C14H18N2O4S/c1-2-7-20-11-5-3-10(4-6-11)15-14(19)16-9-21-8-12(16)13(17)18/h3-6,12H,2,7-9H2,1H3,(H,15,19)(H,17,18)/t12-/m0/s1. The first kappa shape index (κ1) is 15.5. The van der Waals surface area contributed by atoms with Gasteiger partial charge in [-0.05, 0) is 30.7 Å². The van der Waals surface area contributed by atoms with E-state index in [1.165, 1.54) is 16.7 Å². The average molecular weight is 310 g/mol. The molecule has 2 N–H and O–H groups in total. The Labute approximate surface area is 127 Å². The number of benzene rings is 1. The number of nitrogens with one attached hydrogen (secondary N) is 1. The molecule has 1 aromatic carbocycles. The molecule has 0 aromatic heterocycles. The van der Waals surface area contributed by atoms with Gasteiger partial charge in [0.1, 0.15) is 11.8 Å². The highest BCUT2D eigenvalue weighted by molar-refractivity contribution is 7.99. The highest BCUT2D eigenvalue weighted by atomic mass is 32.2. The third-order valence-electron chi connectivity index (χ3n) is 3.01. The summed E-state index contributed by atoms with van der Waals surface area (Å²) in [5.41, 5.74) is 0.616. The van der Waals surface area contributed by atoms with Crippen LogP contribution in [0.3, 0.4) is 0 Å². The van der Waals surface area contributed by atoms with Gasteiger partial charge in [-0.2, -0.15) is 0 Å². The number of thioether (sulfide) groups is 1.